The molecule has 0 amide bonds. The molecule has 0 aliphatic carbocycles. The lowest BCUT2D eigenvalue weighted by atomic mass is 9.87. The van der Waals surface area contributed by atoms with Crippen molar-refractivity contribution in [3.63, 3.8) is 0 Å². The van der Waals surface area contributed by atoms with E-state index < -0.39 is 0 Å². The highest BCUT2D eigenvalue weighted by Gasteiger charge is 2.38. The Balaban J connectivity index is 2.26. The molecule has 0 radical (unpaired) electrons. The van der Waals surface area contributed by atoms with E-state index in [-0.39, 0.29) is 5.41 Å². The molecule has 1 N–H and O–H groups in total. The molecule has 1 rings (SSSR count). The van der Waals surface area contributed by atoms with Gasteiger partial charge in [-0.05, 0) is 13.3 Å². The molecule has 0 spiro atoms. The van der Waals surface area contributed by atoms with Gasteiger partial charge in [-0.2, -0.15) is 5.26 Å². The Morgan fingerprint density at radius 1 is 1.67 bits per heavy atom. The number of nitrogens with one attached hydrogen (secondary N) is 1. The molecule has 68 valence electrons. The van der Waals surface area contributed by atoms with E-state index in [1.54, 1.807) is 0 Å². The van der Waals surface area contributed by atoms with Crippen LogP contribution in [0.2, 0.25) is 0 Å². The van der Waals surface area contributed by atoms with Gasteiger partial charge in [-0.3, -0.25) is 0 Å². The third-order valence-electron chi connectivity index (χ3n) is 2.40. The second-order valence-electron chi connectivity index (χ2n) is 3.58. The van der Waals surface area contributed by atoms with E-state index in [1.165, 1.54) is 0 Å². The quantitative estimate of drug-likeness (QED) is 0.678. The highest BCUT2D eigenvalue weighted by molar-refractivity contribution is 5.05. The van der Waals surface area contributed by atoms with Gasteiger partial charge < -0.3 is 10.1 Å². The first-order chi connectivity index (χ1) is 5.72. The minimum absolute atomic E-state index is 0.233. The van der Waals surface area contributed by atoms with E-state index in [9.17, 15) is 0 Å². The molecule has 0 saturated carbocycles. The monoisotopic (exact) mass is 168 g/mol. The van der Waals surface area contributed by atoms with Crippen LogP contribution in [0.4, 0.5) is 0 Å². The number of rotatable bonds is 4. The zero-order valence-corrected chi connectivity index (χ0v) is 7.76. The minimum atomic E-state index is -0.233. The fourth-order valence-electron chi connectivity index (χ4n) is 1.07. The van der Waals surface area contributed by atoms with E-state index in [4.69, 9.17) is 10.00 Å². The molecule has 12 heavy (non-hydrogen) atoms. The summed E-state index contributed by atoms with van der Waals surface area (Å²) < 4.78 is 5.03. The maximum absolute atomic E-state index is 8.85. The summed E-state index contributed by atoms with van der Waals surface area (Å²) in [5, 5.41) is 12.2. The van der Waals surface area contributed by atoms with Gasteiger partial charge >= 0.3 is 0 Å². The van der Waals surface area contributed by atoms with Crippen LogP contribution in [0.1, 0.15) is 20.3 Å². The Labute approximate surface area is 73.7 Å². The maximum Gasteiger partial charge on any atom is 0.116 e. The summed E-state index contributed by atoms with van der Waals surface area (Å²) in [6.07, 6.45) is 1.10. The van der Waals surface area contributed by atoms with Crippen LogP contribution in [0.5, 0.6) is 0 Å². The number of nitrogens with zero attached hydrogens (tertiary/aromatic N) is 1. The second-order valence-corrected chi connectivity index (χ2v) is 3.58. The first-order valence-corrected chi connectivity index (χ1v) is 4.45. The summed E-state index contributed by atoms with van der Waals surface area (Å²) in [6.45, 7) is 6.21. The van der Waals surface area contributed by atoms with Crippen molar-refractivity contribution in [2.24, 2.45) is 5.41 Å². The van der Waals surface area contributed by atoms with Crippen molar-refractivity contribution in [2.75, 3.05) is 19.8 Å². The van der Waals surface area contributed by atoms with Crippen LogP contribution in [-0.4, -0.2) is 25.8 Å². The summed E-state index contributed by atoms with van der Waals surface area (Å²) >= 11 is 0. The molecular formula is C9H16N2O. The first kappa shape index (κ1) is 9.50. The van der Waals surface area contributed by atoms with E-state index in [0.717, 1.165) is 13.0 Å². The van der Waals surface area contributed by atoms with Crippen molar-refractivity contribution in [3.8, 4) is 6.07 Å². The van der Waals surface area contributed by atoms with E-state index >= 15 is 0 Å². The van der Waals surface area contributed by atoms with E-state index in [2.05, 4.69) is 25.2 Å². The van der Waals surface area contributed by atoms with Crippen molar-refractivity contribution >= 4 is 0 Å². The van der Waals surface area contributed by atoms with E-state index in [0.29, 0.717) is 19.3 Å². The molecule has 1 fully saturated rings. The van der Waals surface area contributed by atoms with Crippen molar-refractivity contribution < 1.29 is 4.74 Å². The molecule has 1 heterocycles. The smallest absolute Gasteiger partial charge is 0.116 e. The maximum atomic E-state index is 8.85. The third-order valence-corrected chi connectivity index (χ3v) is 2.40. The zero-order valence-electron chi connectivity index (χ0n) is 7.76. The number of nitriles is 1. The van der Waals surface area contributed by atoms with Gasteiger partial charge in [0.25, 0.3) is 0 Å². The number of hydrogen-bond donors (Lipinski definition) is 1. The molecule has 0 bridgehead atoms. The average molecular weight is 168 g/mol. The molecule has 1 atom stereocenters. The van der Waals surface area contributed by atoms with Gasteiger partial charge in [0, 0.05) is 12.6 Å². The standard InChI is InChI=1S/C9H16N2O/c1-3-8(2)11-5-9(4-10)6-12-7-9/h8,11H,3,5-7H2,1-2H3. The van der Waals surface area contributed by atoms with Gasteiger partial charge in [-0.1, -0.05) is 6.92 Å². The van der Waals surface area contributed by atoms with Crippen LogP contribution < -0.4 is 5.32 Å². The molecule has 1 unspecified atom stereocenters. The van der Waals surface area contributed by atoms with Gasteiger partial charge in [0.2, 0.25) is 0 Å². The number of ether oxygens (including phenoxy) is 1. The van der Waals surface area contributed by atoms with Crippen LogP contribution in [0.3, 0.4) is 0 Å². The molecule has 0 aromatic carbocycles. The Morgan fingerprint density at radius 2 is 2.33 bits per heavy atom. The van der Waals surface area contributed by atoms with Crippen molar-refractivity contribution in [1.82, 2.24) is 5.32 Å². The van der Waals surface area contributed by atoms with Gasteiger partial charge in [0.05, 0.1) is 19.3 Å². The molecule has 1 aliphatic heterocycles. The van der Waals surface area contributed by atoms with Crippen LogP contribution in [0.15, 0.2) is 0 Å². The molecular weight excluding hydrogens is 152 g/mol. The highest BCUT2D eigenvalue weighted by Crippen LogP contribution is 2.25. The lowest BCUT2D eigenvalue weighted by Gasteiger charge is -2.35. The molecule has 1 aliphatic rings. The lowest BCUT2D eigenvalue weighted by Crippen LogP contribution is -2.50. The Morgan fingerprint density at radius 3 is 2.67 bits per heavy atom. The van der Waals surface area contributed by atoms with Crippen molar-refractivity contribution in [2.45, 2.75) is 26.3 Å². The summed E-state index contributed by atoms with van der Waals surface area (Å²) in [5.74, 6) is 0. The SMILES string of the molecule is CCC(C)NCC1(C#N)COC1. The topological polar surface area (TPSA) is 45.0 Å². The number of hydrogen-bond acceptors (Lipinski definition) is 3. The van der Waals surface area contributed by atoms with Crippen molar-refractivity contribution in [3.05, 3.63) is 0 Å². The van der Waals surface area contributed by atoms with Gasteiger partial charge in [0.15, 0.2) is 0 Å². The van der Waals surface area contributed by atoms with Gasteiger partial charge in [-0.15, -0.1) is 0 Å². The third kappa shape index (κ3) is 1.96. The minimum Gasteiger partial charge on any atom is -0.378 e. The summed E-state index contributed by atoms with van der Waals surface area (Å²) in [7, 11) is 0. The largest absolute Gasteiger partial charge is 0.378 e. The first-order valence-electron chi connectivity index (χ1n) is 4.45. The van der Waals surface area contributed by atoms with Crippen LogP contribution >= 0.6 is 0 Å². The normalized spacial score (nSPS) is 22.4. The summed E-state index contributed by atoms with van der Waals surface area (Å²) in [4.78, 5) is 0. The van der Waals surface area contributed by atoms with Crippen LogP contribution in [0, 0.1) is 16.7 Å². The van der Waals surface area contributed by atoms with Crippen molar-refractivity contribution in [1.29, 1.82) is 5.26 Å². The Bertz CT molecular complexity index is 181. The molecule has 0 aromatic rings. The van der Waals surface area contributed by atoms with Gasteiger partial charge in [0.1, 0.15) is 5.41 Å². The fourth-order valence-corrected chi connectivity index (χ4v) is 1.07. The van der Waals surface area contributed by atoms with Gasteiger partial charge in [-0.25, -0.2) is 0 Å². The highest BCUT2D eigenvalue weighted by atomic mass is 16.5. The molecule has 0 aromatic heterocycles. The Kier molecular flexibility index (Phi) is 3.07. The Hall–Kier alpha value is -0.590. The zero-order chi connectivity index (χ0) is 9.03. The summed E-state index contributed by atoms with van der Waals surface area (Å²) in [6, 6.07) is 2.80. The fraction of sp³-hybridized carbons (Fsp3) is 0.889. The molecule has 1 saturated heterocycles. The van der Waals surface area contributed by atoms with Crippen LogP contribution in [0.25, 0.3) is 0 Å². The summed E-state index contributed by atoms with van der Waals surface area (Å²) in [5.41, 5.74) is -0.233. The molecule has 3 heteroatoms. The van der Waals surface area contributed by atoms with E-state index in [1.807, 2.05) is 0 Å². The van der Waals surface area contributed by atoms with Crippen LogP contribution in [-0.2, 0) is 4.74 Å². The average Bonchev–Trinajstić information content (AvgIpc) is 2.03. The molecule has 3 nitrogen and oxygen atoms in total. The predicted molar refractivity (Wildman–Crippen MR) is 46.6 cm³/mol. The second kappa shape index (κ2) is 3.88. The lowest BCUT2D eigenvalue weighted by molar-refractivity contribution is -0.0762. The predicted octanol–water partition coefficient (Wildman–Crippen LogP) is 0.915.